The third-order valence-corrected chi connectivity index (χ3v) is 4.70. The van der Waals surface area contributed by atoms with Gasteiger partial charge in [-0.2, -0.15) is 4.31 Å². The Morgan fingerprint density at radius 2 is 1.65 bits per heavy atom. The monoisotopic (exact) mass is 295 g/mol. The van der Waals surface area contributed by atoms with Gasteiger partial charge in [-0.1, -0.05) is 24.3 Å². The molecule has 0 atom stereocenters. The summed E-state index contributed by atoms with van der Waals surface area (Å²) >= 11 is 0. The topological polar surface area (TPSA) is 57.6 Å². The van der Waals surface area contributed by atoms with Crippen LogP contribution in [-0.2, 0) is 16.4 Å². The van der Waals surface area contributed by atoms with Gasteiger partial charge >= 0.3 is 0 Å². The summed E-state index contributed by atoms with van der Waals surface area (Å²) in [7, 11) is -3.52. The van der Waals surface area contributed by atoms with Crippen LogP contribution >= 0.6 is 0 Å². The molecule has 20 heavy (non-hydrogen) atoms. The van der Waals surface area contributed by atoms with Gasteiger partial charge in [-0.05, 0) is 30.5 Å². The van der Waals surface area contributed by atoms with Crippen LogP contribution in [0.5, 0.6) is 0 Å². The van der Waals surface area contributed by atoms with E-state index >= 15 is 0 Å². The minimum absolute atomic E-state index is 0.131. The lowest BCUT2D eigenvalue weighted by atomic mass is 10.1. The largest absolute Gasteiger partial charge is 0.396 e. The molecule has 0 aliphatic rings. The first-order valence-electron chi connectivity index (χ1n) is 6.48. The molecule has 5 heteroatoms. The van der Waals surface area contributed by atoms with Gasteiger partial charge in [-0.3, -0.25) is 0 Å². The van der Waals surface area contributed by atoms with E-state index < -0.39 is 10.0 Å². The first kappa shape index (κ1) is 16.6. The van der Waals surface area contributed by atoms with E-state index in [-0.39, 0.29) is 24.6 Å². The number of nitrogens with zero attached hydrogens (tertiary/aromatic N) is 1. The molecule has 0 saturated carbocycles. The van der Waals surface area contributed by atoms with Crippen molar-refractivity contribution >= 4 is 10.0 Å². The number of sulfonamides is 1. The van der Waals surface area contributed by atoms with Crippen molar-refractivity contribution in [2.24, 2.45) is 0 Å². The molecule has 0 saturated heterocycles. The normalized spacial score (nSPS) is 11.5. The fourth-order valence-corrected chi connectivity index (χ4v) is 3.20. The lowest BCUT2D eigenvalue weighted by Crippen LogP contribution is -2.31. The maximum absolute atomic E-state index is 12.4. The van der Waals surface area contributed by atoms with E-state index in [4.69, 9.17) is 5.11 Å². The lowest BCUT2D eigenvalue weighted by Gasteiger charge is -2.19. The summed E-state index contributed by atoms with van der Waals surface area (Å²) in [5, 5.41) is 8.78. The summed E-state index contributed by atoms with van der Waals surface area (Å²) in [6, 6.07) is 6.76. The zero-order chi connectivity index (χ0) is 15.0. The Labute approximate surface area is 121 Å². The van der Waals surface area contributed by atoms with Gasteiger partial charge in [-0.15, -0.1) is 13.2 Å². The Morgan fingerprint density at radius 1 is 1.10 bits per heavy atom. The Hall–Kier alpha value is -1.43. The molecule has 0 amide bonds. The van der Waals surface area contributed by atoms with Crippen LogP contribution in [0.1, 0.15) is 12.0 Å². The van der Waals surface area contributed by atoms with Crippen molar-refractivity contribution in [1.82, 2.24) is 4.31 Å². The molecule has 0 unspecified atom stereocenters. The molecule has 0 aliphatic heterocycles. The highest BCUT2D eigenvalue weighted by atomic mass is 32.2. The molecular formula is C15H21NO3S. The zero-order valence-corrected chi connectivity index (χ0v) is 12.3. The number of aryl methyl sites for hydroxylation is 1. The Morgan fingerprint density at radius 3 is 2.10 bits per heavy atom. The van der Waals surface area contributed by atoms with Crippen molar-refractivity contribution in [2.45, 2.75) is 17.7 Å². The average molecular weight is 295 g/mol. The molecule has 1 N–H and O–H groups in total. The standard InChI is InChI=1S/C15H21NO3S/c1-3-11-16(12-4-2)20(18,19)15-9-7-14(8-10-15)6-5-13-17/h3-4,7-10,17H,1-2,5-6,11-13H2. The van der Waals surface area contributed by atoms with E-state index in [0.29, 0.717) is 6.42 Å². The number of hydrogen-bond donors (Lipinski definition) is 1. The molecule has 0 aliphatic carbocycles. The second-order valence-electron chi connectivity index (χ2n) is 4.37. The maximum atomic E-state index is 12.4. The molecule has 0 aromatic heterocycles. The average Bonchev–Trinajstić information content (AvgIpc) is 2.45. The van der Waals surface area contributed by atoms with Crippen LogP contribution in [0.2, 0.25) is 0 Å². The lowest BCUT2D eigenvalue weighted by molar-refractivity contribution is 0.288. The molecule has 0 heterocycles. The van der Waals surface area contributed by atoms with Gasteiger partial charge in [0.05, 0.1) is 4.90 Å². The Balaban J connectivity index is 2.95. The summed E-state index contributed by atoms with van der Waals surface area (Å²) in [6.07, 6.45) is 4.51. The van der Waals surface area contributed by atoms with Crippen LogP contribution in [0.15, 0.2) is 54.5 Å². The smallest absolute Gasteiger partial charge is 0.243 e. The summed E-state index contributed by atoms with van der Waals surface area (Å²) in [5.74, 6) is 0. The van der Waals surface area contributed by atoms with Gasteiger partial charge in [0.15, 0.2) is 0 Å². The predicted octanol–water partition coefficient (Wildman–Crippen LogP) is 1.97. The van der Waals surface area contributed by atoms with Crippen LogP contribution < -0.4 is 0 Å². The molecule has 0 radical (unpaired) electrons. The molecule has 1 aromatic rings. The molecule has 1 aromatic carbocycles. The quantitative estimate of drug-likeness (QED) is 0.709. The number of aliphatic hydroxyl groups is 1. The van der Waals surface area contributed by atoms with Gasteiger partial charge in [0, 0.05) is 19.7 Å². The van der Waals surface area contributed by atoms with E-state index in [1.807, 2.05) is 0 Å². The Bertz CT molecular complexity index is 525. The highest BCUT2D eigenvalue weighted by Crippen LogP contribution is 2.17. The molecule has 110 valence electrons. The first-order valence-corrected chi connectivity index (χ1v) is 7.92. The fraction of sp³-hybridized carbons (Fsp3) is 0.333. The molecule has 0 fully saturated rings. The third-order valence-electron chi connectivity index (χ3n) is 2.85. The van der Waals surface area contributed by atoms with Gasteiger partial charge in [0.1, 0.15) is 0 Å². The van der Waals surface area contributed by atoms with Gasteiger partial charge in [-0.25, -0.2) is 8.42 Å². The fourth-order valence-electron chi connectivity index (χ4n) is 1.82. The first-order chi connectivity index (χ1) is 9.56. The van der Waals surface area contributed by atoms with Crippen LogP contribution in [-0.4, -0.2) is 37.5 Å². The maximum Gasteiger partial charge on any atom is 0.243 e. The predicted molar refractivity (Wildman–Crippen MR) is 81.0 cm³/mol. The van der Waals surface area contributed by atoms with Crippen molar-refractivity contribution in [2.75, 3.05) is 19.7 Å². The van der Waals surface area contributed by atoms with E-state index in [9.17, 15) is 8.42 Å². The van der Waals surface area contributed by atoms with Crippen molar-refractivity contribution < 1.29 is 13.5 Å². The molecule has 4 nitrogen and oxygen atoms in total. The number of hydrogen-bond acceptors (Lipinski definition) is 3. The number of rotatable bonds is 9. The van der Waals surface area contributed by atoms with Crippen molar-refractivity contribution in [1.29, 1.82) is 0 Å². The van der Waals surface area contributed by atoms with Crippen LogP contribution in [0.25, 0.3) is 0 Å². The van der Waals surface area contributed by atoms with Gasteiger partial charge in [0.2, 0.25) is 10.0 Å². The zero-order valence-electron chi connectivity index (χ0n) is 11.5. The minimum atomic E-state index is -3.52. The van der Waals surface area contributed by atoms with E-state index in [1.165, 1.54) is 4.31 Å². The van der Waals surface area contributed by atoms with E-state index in [1.54, 1.807) is 36.4 Å². The van der Waals surface area contributed by atoms with Crippen LogP contribution in [0.3, 0.4) is 0 Å². The second-order valence-corrected chi connectivity index (χ2v) is 6.31. The molecule has 1 rings (SSSR count). The highest BCUT2D eigenvalue weighted by Gasteiger charge is 2.21. The van der Waals surface area contributed by atoms with Crippen LogP contribution in [0, 0.1) is 0 Å². The SMILES string of the molecule is C=CCN(CC=C)S(=O)(=O)c1ccc(CCCO)cc1. The Kier molecular flexibility index (Phi) is 6.64. The van der Waals surface area contributed by atoms with Crippen molar-refractivity contribution in [3.8, 4) is 0 Å². The number of aliphatic hydroxyl groups excluding tert-OH is 1. The van der Waals surface area contributed by atoms with Gasteiger partial charge in [0.25, 0.3) is 0 Å². The minimum Gasteiger partial charge on any atom is -0.396 e. The van der Waals surface area contributed by atoms with Crippen molar-refractivity contribution in [3.05, 3.63) is 55.1 Å². The molecular weight excluding hydrogens is 274 g/mol. The number of benzene rings is 1. The highest BCUT2D eigenvalue weighted by molar-refractivity contribution is 7.89. The molecule has 0 spiro atoms. The summed E-state index contributed by atoms with van der Waals surface area (Å²) < 4.78 is 26.2. The summed E-state index contributed by atoms with van der Waals surface area (Å²) in [6.45, 7) is 7.78. The van der Waals surface area contributed by atoms with E-state index in [2.05, 4.69) is 13.2 Å². The summed E-state index contributed by atoms with van der Waals surface area (Å²) in [4.78, 5) is 0.258. The van der Waals surface area contributed by atoms with E-state index in [0.717, 1.165) is 12.0 Å². The second kappa shape index (κ2) is 7.99. The van der Waals surface area contributed by atoms with Crippen LogP contribution in [0.4, 0.5) is 0 Å². The van der Waals surface area contributed by atoms with Crippen molar-refractivity contribution in [3.63, 3.8) is 0 Å². The third kappa shape index (κ3) is 4.30. The molecule has 0 bridgehead atoms. The van der Waals surface area contributed by atoms with Gasteiger partial charge < -0.3 is 5.11 Å². The summed E-state index contributed by atoms with van der Waals surface area (Å²) in [5.41, 5.74) is 1.01.